The molecule has 1 aromatic rings. The highest BCUT2D eigenvalue weighted by molar-refractivity contribution is 6.29. The zero-order chi connectivity index (χ0) is 11.3. The predicted molar refractivity (Wildman–Crippen MR) is 56.9 cm³/mol. The molecule has 0 spiro atoms. The molecule has 0 saturated heterocycles. The quantitative estimate of drug-likeness (QED) is 0.725. The Kier molecular flexibility index (Phi) is 4.30. The maximum atomic E-state index is 11.1. The van der Waals surface area contributed by atoms with Crippen molar-refractivity contribution >= 4 is 23.4 Å². The van der Waals surface area contributed by atoms with Gasteiger partial charge in [-0.15, -0.1) is 10.2 Å². The summed E-state index contributed by atoms with van der Waals surface area (Å²) in [5, 5.41) is 7.90. The predicted octanol–water partition coefficient (Wildman–Crippen LogP) is 1.13. The van der Waals surface area contributed by atoms with E-state index in [0.29, 0.717) is 17.5 Å². The van der Waals surface area contributed by atoms with Crippen molar-refractivity contribution in [2.75, 3.05) is 25.1 Å². The second kappa shape index (κ2) is 5.50. The Morgan fingerprint density at radius 1 is 1.53 bits per heavy atom. The summed E-state index contributed by atoms with van der Waals surface area (Å²) in [7, 11) is 1.35. The number of likely N-dealkylation sites (N-methyl/N-ethyl adjacent to an activating group) is 1. The Morgan fingerprint density at radius 3 is 2.73 bits per heavy atom. The van der Waals surface area contributed by atoms with Crippen molar-refractivity contribution in [3.63, 3.8) is 0 Å². The second-order valence-electron chi connectivity index (χ2n) is 2.80. The maximum absolute atomic E-state index is 11.1. The lowest BCUT2D eigenvalue weighted by molar-refractivity contribution is -0.138. The van der Waals surface area contributed by atoms with E-state index in [-0.39, 0.29) is 12.5 Å². The highest BCUT2D eigenvalue weighted by atomic mass is 35.5. The number of anilines is 1. The molecule has 0 aromatic carbocycles. The van der Waals surface area contributed by atoms with Gasteiger partial charge in [0.25, 0.3) is 0 Å². The van der Waals surface area contributed by atoms with Gasteiger partial charge < -0.3 is 9.64 Å². The minimum absolute atomic E-state index is 0.156. The number of carbonyl (C=O) groups is 1. The number of methoxy groups -OCH3 is 1. The highest BCUT2D eigenvalue weighted by Gasteiger charge is 2.11. The van der Waals surface area contributed by atoms with E-state index in [2.05, 4.69) is 14.9 Å². The molecule has 15 heavy (non-hydrogen) atoms. The molecule has 0 N–H and O–H groups in total. The molecule has 0 saturated carbocycles. The van der Waals surface area contributed by atoms with Gasteiger partial charge in [-0.2, -0.15) is 0 Å². The van der Waals surface area contributed by atoms with Crippen molar-refractivity contribution in [1.29, 1.82) is 0 Å². The number of hydrogen-bond acceptors (Lipinski definition) is 5. The van der Waals surface area contributed by atoms with E-state index in [1.807, 2.05) is 6.92 Å². The standard InChI is InChI=1S/C9H12ClN3O2/c1-3-13(6-9(14)15-2)8-5-4-7(10)11-12-8/h4-5H,3,6H2,1-2H3. The van der Waals surface area contributed by atoms with E-state index >= 15 is 0 Å². The third kappa shape index (κ3) is 3.36. The third-order valence-electron chi connectivity index (χ3n) is 1.87. The molecule has 1 heterocycles. The number of aromatic nitrogens is 2. The van der Waals surface area contributed by atoms with Crippen LogP contribution < -0.4 is 4.90 Å². The fourth-order valence-corrected chi connectivity index (χ4v) is 1.15. The van der Waals surface area contributed by atoms with Crippen molar-refractivity contribution in [1.82, 2.24) is 10.2 Å². The highest BCUT2D eigenvalue weighted by Crippen LogP contribution is 2.11. The van der Waals surface area contributed by atoms with Gasteiger partial charge in [-0.05, 0) is 19.1 Å². The molecule has 0 amide bonds. The lowest BCUT2D eigenvalue weighted by atomic mass is 10.4. The van der Waals surface area contributed by atoms with Crippen molar-refractivity contribution in [2.45, 2.75) is 6.92 Å². The van der Waals surface area contributed by atoms with Gasteiger partial charge in [0.15, 0.2) is 11.0 Å². The molecule has 0 aliphatic carbocycles. The number of esters is 1. The Bertz CT molecular complexity index is 329. The van der Waals surface area contributed by atoms with Gasteiger partial charge in [-0.3, -0.25) is 4.79 Å². The number of halogens is 1. The van der Waals surface area contributed by atoms with E-state index in [1.165, 1.54) is 7.11 Å². The lowest BCUT2D eigenvalue weighted by Gasteiger charge is -2.19. The zero-order valence-corrected chi connectivity index (χ0v) is 9.36. The Hall–Kier alpha value is -1.36. The minimum Gasteiger partial charge on any atom is -0.468 e. The Balaban J connectivity index is 2.74. The molecule has 6 heteroatoms. The van der Waals surface area contributed by atoms with Gasteiger partial charge >= 0.3 is 5.97 Å². The van der Waals surface area contributed by atoms with Crippen LogP contribution in [0.5, 0.6) is 0 Å². The fourth-order valence-electron chi connectivity index (χ4n) is 1.05. The summed E-state index contributed by atoms with van der Waals surface area (Å²) < 4.78 is 4.57. The molecule has 0 aliphatic heterocycles. The molecule has 0 unspecified atom stereocenters. The van der Waals surface area contributed by atoms with Crippen LogP contribution in [0.2, 0.25) is 5.15 Å². The van der Waals surface area contributed by atoms with Crippen molar-refractivity contribution in [3.8, 4) is 0 Å². The normalized spacial score (nSPS) is 9.80. The molecule has 1 aromatic heterocycles. The molecule has 5 nitrogen and oxygen atoms in total. The van der Waals surface area contributed by atoms with E-state index in [1.54, 1.807) is 17.0 Å². The monoisotopic (exact) mass is 229 g/mol. The summed E-state index contributed by atoms with van der Waals surface area (Å²) in [6.07, 6.45) is 0. The molecular weight excluding hydrogens is 218 g/mol. The Morgan fingerprint density at radius 2 is 2.27 bits per heavy atom. The third-order valence-corrected chi connectivity index (χ3v) is 2.07. The van der Waals surface area contributed by atoms with E-state index in [0.717, 1.165) is 0 Å². The van der Waals surface area contributed by atoms with Crippen molar-refractivity contribution in [3.05, 3.63) is 17.3 Å². The van der Waals surface area contributed by atoms with E-state index in [4.69, 9.17) is 11.6 Å². The molecule has 0 atom stereocenters. The number of ether oxygens (including phenoxy) is 1. The molecule has 82 valence electrons. The summed E-state index contributed by atoms with van der Waals surface area (Å²) in [4.78, 5) is 12.8. The molecule has 0 fully saturated rings. The summed E-state index contributed by atoms with van der Waals surface area (Å²) in [6.45, 7) is 2.72. The van der Waals surface area contributed by atoms with Gasteiger partial charge in [0.1, 0.15) is 6.54 Å². The van der Waals surface area contributed by atoms with Gasteiger partial charge in [0, 0.05) is 6.54 Å². The van der Waals surface area contributed by atoms with Gasteiger partial charge in [0.05, 0.1) is 7.11 Å². The van der Waals surface area contributed by atoms with Crippen LogP contribution in [0.15, 0.2) is 12.1 Å². The van der Waals surface area contributed by atoms with Crippen LogP contribution in [0, 0.1) is 0 Å². The lowest BCUT2D eigenvalue weighted by Crippen LogP contribution is -2.31. The first-order valence-electron chi connectivity index (χ1n) is 4.48. The number of nitrogens with zero attached hydrogens (tertiary/aromatic N) is 3. The maximum Gasteiger partial charge on any atom is 0.325 e. The topological polar surface area (TPSA) is 55.3 Å². The summed E-state index contributed by atoms with van der Waals surface area (Å²) in [5.74, 6) is 0.293. The van der Waals surface area contributed by atoms with Crippen LogP contribution in [-0.4, -0.2) is 36.4 Å². The average molecular weight is 230 g/mol. The smallest absolute Gasteiger partial charge is 0.325 e. The average Bonchev–Trinajstić information content (AvgIpc) is 2.27. The van der Waals surface area contributed by atoms with E-state index < -0.39 is 0 Å². The Labute approximate surface area is 93.0 Å². The largest absolute Gasteiger partial charge is 0.468 e. The van der Waals surface area contributed by atoms with Crippen molar-refractivity contribution in [2.24, 2.45) is 0 Å². The van der Waals surface area contributed by atoms with Crippen LogP contribution in [0.4, 0.5) is 5.82 Å². The van der Waals surface area contributed by atoms with Crippen LogP contribution in [0.1, 0.15) is 6.92 Å². The first-order valence-corrected chi connectivity index (χ1v) is 4.86. The minimum atomic E-state index is -0.311. The number of rotatable bonds is 4. The molecule has 1 rings (SSSR count). The SMILES string of the molecule is CCN(CC(=O)OC)c1ccc(Cl)nn1. The fraction of sp³-hybridized carbons (Fsp3) is 0.444. The van der Waals surface area contributed by atoms with Gasteiger partial charge in [-0.1, -0.05) is 11.6 Å². The summed E-state index contributed by atoms with van der Waals surface area (Å²) in [6, 6.07) is 3.34. The molecule has 0 radical (unpaired) electrons. The molecular formula is C9H12ClN3O2. The van der Waals surface area contributed by atoms with Crippen LogP contribution >= 0.6 is 11.6 Å². The first kappa shape index (κ1) is 11.7. The van der Waals surface area contributed by atoms with E-state index in [9.17, 15) is 4.79 Å². The molecule has 0 aliphatic rings. The summed E-state index contributed by atoms with van der Waals surface area (Å²) in [5.41, 5.74) is 0. The number of carbonyl (C=O) groups excluding carboxylic acids is 1. The molecule has 0 bridgehead atoms. The van der Waals surface area contributed by atoms with Crippen LogP contribution in [0.25, 0.3) is 0 Å². The van der Waals surface area contributed by atoms with Crippen LogP contribution in [-0.2, 0) is 9.53 Å². The summed E-state index contributed by atoms with van der Waals surface area (Å²) >= 11 is 5.61. The van der Waals surface area contributed by atoms with Crippen molar-refractivity contribution < 1.29 is 9.53 Å². The zero-order valence-electron chi connectivity index (χ0n) is 8.61. The second-order valence-corrected chi connectivity index (χ2v) is 3.19. The number of hydrogen-bond donors (Lipinski definition) is 0. The van der Waals surface area contributed by atoms with Crippen LogP contribution in [0.3, 0.4) is 0 Å². The van der Waals surface area contributed by atoms with Gasteiger partial charge in [-0.25, -0.2) is 0 Å². The van der Waals surface area contributed by atoms with Gasteiger partial charge in [0.2, 0.25) is 0 Å². The first-order chi connectivity index (χ1) is 7.17.